The Balaban J connectivity index is 1.53. The molecule has 174 valence electrons. The van der Waals surface area contributed by atoms with Crippen LogP contribution < -0.4 is 20.4 Å². The van der Waals surface area contributed by atoms with Crippen molar-refractivity contribution < 1.29 is 23.8 Å². The fourth-order valence-electron chi connectivity index (χ4n) is 3.16. The van der Waals surface area contributed by atoms with Crippen LogP contribution in [0, 0.1) is 5.92 Å². The standard InChI is InChI=1S/C24H20N2O7S/c1-12(2)23(30)33-17-5-3-4-16-20(17)15(27)11-18(32-16)21(28)25-14-8-6-13(7-9-14)10-19-22(29)26-24(31)34-19/h3-9,11-12,29H,10H2,1-2H3,(H,25,28)(H,26,31). The van der Waals surface area contributed by atoms with Gasteiger partial charge in [-0.05, 0) is 29.8 Å². The molecule has 2 aromatic carbocycles. The number of anilines is 1. The molecule has 0 aliphatic rings. The average molecular weight is 480 g/mol. The van der Waals surface area contributed by atoms with Crippen molar-refractivity contribution in [2.75, 3.05) is 5.32 Å². The molecule has 34 heavy (non-hydrogen) atoms. The third kappa shape index (κ3) is 4.91. The minimum atomic E-state index is -0.627. The maximum Gasteiger partial charge on any atom is 0.313 e. The summed E-state index contributed by atoms with van der Waals surface area (Å²) in [5, 5.41) is 12.4. The molecular weight excluding hydrogens is 460 g/mol. The van der Waals surface area contributed by atoms with E-state index >= 15 is 0 Å². The highest BCUT2D eigenvalue weighted by molar-refractivity contribution is 7.09. The molecule has 1 amide bonds. The molecule has 4 aromatic rings. The van der Waals surface area contributed by atoms with Crippen molar-refractivity contribution in [1.29, 1.82) is 0 Å². The third-order valence-corrected chi connectivity index (χ3v) is 5.77. The highest BCUT2D eigenvalue weighted by atomic mass is 32.1. The molecule has 4 rings (SSSR count). The van der Waals surface area contributed by atoms with Gasteiger partial charge in [-0.15, -0.1) is 0 Å². The van der Waals surface area contributed by atoms with Gasteiger partial charge in [-0.3, -0.25) is 24.2 Å². The molecule has 2 heterocycles. The zero-order valence-corrected chi connectivity index (χ0v) is 19.0. The first-order chi connectivity index (χ1) is 16.2. The van der Waals surface area contributed by atoms with Crippen LogP contribution >= 0.6 is 11.3 Å². The topological polar surface area (TPSA) is 139 Å². The van der Waals surface area contributed by atoms with E-state index < -0.39 is 17.3 Å². The molecule has 0 aliphatic carbocycles. The summed E-state index contributed by atoms with van der Waals surface area (Å²) in [6, 6.07) is 12.4. The van der Waals surface area contributed by atoms with Crippen molar-refractivity contribution in [3.05, 3.63) is 84.6 Å². The van der Waals surface area contributed by atoms with E-state index in [-0.39, 0.29) is 39.1 Å². The Kier molecular flexibility index (Phi) is 6.33. The Morgan fingerprint density at radius 3 is 2.53 bits per heavy atom. The summed E-state index contributed by atoms with van der Waals surface area (Å²) in [6.45, 7) is 3.36. The number of thiazole rings is 1. The number of ether oxygens (including phenoxy) is 1. The summed E-state index contributed by atoms with van der Waals surface area (Å²) in [5.74, 6) is -1.77. The number of carbonyl (C=O) groups excluding carboxylic acids is 2. The van der Waals surface area contributed by atoms with Crippen molar-refractivity contribution in [3.63, 3.8) is 0 Å². The Labute approximate surface area is 196 Å². The summed E-state index contributed by atoms with van der Waals surface area (Å²) in [6.07, 6.45) is 0.354. The normalized spacial score (nSPS) is 11.0. The molecule has 9 nitrogen and oxygen atoms in total. The van der Waals surface area contributed by atoms with Gasteiger partial charge in [0.05, 0.1) is 10.8 Å². The van der Waals surface area contributed by atoms with Crippen molar-refractivity contribution >= 4 is 39.9 Å². The lowest BCUT2D eigenvalue weighted by Crippen LogP contribution is -2.17. The van der Waals surface area contributed by atoms with Gasteiger partial charge in [-0.25, -0.2) is 0 Å². The molecule has 10 heteroatoms. The Morgan fingerprint density at radius 1 is 1.15 bits per heavy atom. The van der Waals surface area contributed by atoms with Gasteiger partial charge in [0.25, 0.3) is 5.91 Å². The van der Waals surface area contributed by atoms with E-state index in [1.807, 2.05) is 0 Å². The number of esters is 1. The van der Waals surface area contributed by atoms with Gasteiger partial charge in [0, 0.05) is 18.2 Å². The number of aromatic hydroxyl groups is 1. The molecule has 0 atom stereocenters. The quantitative estimate of drug-likeness (QED) is 0.283. The van der Waals surface area contributed by atoms with Crippen molar-refractivity contribution in [3.8, 4) is 11.6 Å². The second-order valence-electron chi connectivity index (χ2n) is 7.79. The number of rotatable bonds is 6. The summed E-state index contributed by atoms with van der Waals surface area (Å²) in [5.41, 5.74) is 0.887. The van der Waals surface area contributed by atoms with E-state index in [1.54, 1.807) is 44.2 Å². The van der Waals surface area contributed by atoms with Crippen LogP contribution in [0.5, 0.6) is 11.6 Å². The van der Waals surface area contributed by atoms with Crippen molar-refractivity contribution in [2.24, 2.45) is 5.92 Å². The summed E-state index contributed by atoms with van der Waals surface area (Å²) in [4.78, 5) is 51.1. The molecule has 0 spiro atoms. The van der Waals surface area contributed by atoms with Crippen LogP contribution in [0.25, 0.3) is 11.0 Å². The van der Waals surface area contributed by atoms with E-state index in [2.05, 4.69) is 10.3 Å². The molecular formula is C24H20N2O7S. The predicted octanol–water partition coefficient (Wildman–Crippen LogP) is 3.65. The van der Waals surface area contributed by atoms with Gasteiger partial charge < -0.3 is 19.6 Å². The van der Waals surface area contributed by atoms with Crippen LogP contribution in [-0.4, -0.2) is 22.0 Å². The van der Waals surface area contributed by atoms with E-state index in [1.165, 1.54) is 12.1 Å². The van der Waals surface area contributed by atoms with Crippen LogP contribution in [-0.2, 0) is 11.2 Å². The van der Waals surface area contributed by atoms with Crippen molar-refractivity contribution in [1.82, 2.24) is 4.98 Å². The van der Waals surface area contributed by atoms with Crippen LogP contribution in [0.4, 0.5) is 5.69 Å². The molecule has 0 unspecified atom stereocenters. The minimum Gasteiger partial charge on any atom is -0.494 e. The molecule has 3 N–H and O–H groups in total. The minimum absolute atomic E-state index is 0.0750. The Morgan fingerprint density at radius 2 is 1.88 bits per heavy atom. The van der Waals surface area contributed by atoms with E-state index in [0.717, 1.165) is 23.0 Å². The van der Waals surface area contributed by atoms with E-state index in [0.29, 0.717) is 17.0 Å². The maximum absolute atomic E-state index is 12.7. The van der Waals surface area contributed by atoms with Crippen LogP contribution in [0.15, 0.2) is 62.5 Å². The zero-order chi connectivity index (χ0) is 24.4. The first-order valence-corrected chi connectivity index (χ1v) is 11.1. The number of fused-ring (bicyclic) bond motifs is 1. The highest BCUT2D eigenvalue weighted by Crippen LogP contribution is 2.25. The van der Waals surface area contributed by atoms with Gasteiger partial charge >= 0.3 is 10.8 Å². The van der Waals surface area contributed by atoms with Gasteiger partial charge in [-0.2, -0.15) is 0 Å². The number of amides is 1. The second-order valence-corrected chi connectivity index (χ2v) is 8.86. The average Bonchev–Trinajstić information content (AvgIpc) is 3.11. The Hall–Kier alpha value is -4.18. The maximum atomic E-state index is 12.7. The number of H-pyrrole nitrogens is 1. The molecule has 0 fully saturated rings. The first-order valence-electron chi connectivity index (χ1n) is 10.3. The van der Waals surface area contributed by atoms with Gasteiger partial charge in [0.15, 0.2) is 11.2 Å². The first kappa shape index (κ1) is 23.0. The fourth-order valence-corrected chi connectivity index (χ4v) is 3.92. The Bertz CT molecular complexity index is 1500. The van der Waals surface area contributed by atoms with Gasteiger partial charge in [0.1, 0.15) is 16.7 Å². The number of carbonyl (C=O) groups is 2. The molecule has 0 saturated carbocycles. The lowest BCUT2D eigenvalue weighted by molar-refractivity contribution is -0.137. The monoisotopic (exact) mass is 480 g/mol. The largest absolute Gasteiger partial charge is 0.494 e. The number of aromatic amines is 1. The number of nitrogens with one attached hydrogen (secondary N) is 2. The number of hydrogen-bond acceptors (Lipinski definition) is 8. The molecule has 0 aliphatic heterocycles. The van der Waals surface area contributed by atoms with E-state index in [4.69, 9.17) is 9.15 Å². The summed E-state index contributed by atoms with van der Waals surface area (Å²) in [7, 11) is 0. The van der Waals surface area contributed by atoms with Crippen LogP contribution in [0.3, 0.4) is 0 Å². The van der Waals surface area contributed by atoms with Crippen LogP contribution in [0.1, 0.15) is 34.8 Å². The van der Waals surface area contributed by atoms with Gasteiger partial charge in [-0.1, -0.05) is 43.4 Å². The summed E-state index contributed by atoms with van der Waals surface area (Å²) >= 11 is 0.928. The van der Waals surface area contributed by atoms with Gasteiger partial charge in [0.2, 0.25) is 5.88 Å². The fraction of sp³-hybridized carbons (Fsp3) is 0.167. The lowest BCUT2D eigenvalue weighted by atomic mass is 10.1. The number of aromatic nitrogens is 1. The molecule has 0 radical (unpaired) electrons. The van der Waals surface area contributed by atoms with E-state index in [9.17, 15) is 24.3 Å². The second kappa shape index (κ2) is 9.36. The van der Waals surface area contributed by atoms with Crippen LogP contribution in [0.2, 0.25) is 0 Å². The highest BCUT2D eigenvalue weighted by Gasteiger charge is 2.18. The smallest absolute Gasteiger partial charge is 0.313 e. The number of benzene rings is 2. The molecule has 2 aromatic heterocycles. The molecule has 0 bridgehead atoms. The van der Waals surface area contributed by atoms with Crippen molar-refractivity contribution in [2.45, 2.75) is 20.3 Å². The third-order valence-electron chi connectivity index (χ3n) is 4.90. The number of hydrogen-bond donors (Lipinski definition) is 3. The summed E-state index contributed by atoms with van der Waals surface area (Å²) < 4.78 is 10.9. The predicted molar refractivity (Wildman–Crippen MR) is 127 cm³/mol. The lowest BCUT2D eigenvalue weighted by Gasteiger charge is -2.10. The molecule has 0 saturated heterocycles. The zero-order valence-electron chi connectivity index (χ0n) is 18.2. The SMILES string of the molecule is CC(C)C(=O)Oc1cccc2oc(C(=O)Nc3ccc(Cc4sc(=O)[nH]c4O)cc3)cc(=O)c12.